The molecular formula is C12H10F3N3O2S. The first kappa shape index (κ1) is 15.1. The van der Waals surface area contributed by atoms with Crippen LogP contribution < -0.4 is 10.0 Å². The molecule has 0 spiro atoms. The molecule has 21 heavy (non-hydrogen) atoms. The lowest BCUT2D eigenvalue weighted by atomic mass is 10.3. The highest BCUT2D eigenvalue weighted by Gasteiger charge is 2.18. The van der Waals surface area contributed by atoms with Crippen molar-refractivity contribution in [3.05, 3.63) is 47.9 Å². The maximum absolute atomic E-state index is 13.1. The number of hydrogen-bond acceptors (Lipinski definition) is 4. The highest BCUT2D eigenvalue weighted by atomic mass is 32.2. The summed E-state index contributed by atoms with van der Waals surface area (Å²) < 4.78 is 65.1. The second kappa shape index (κ2) is 5.60. The van der Waals surface area contributed by atoms with Crippen LogP contribution in [-0.2, 0) is 10.0 Å². The van der Waals surface area contributed by atoms with E-state index in [2.05, 4.69) is 10.3 Å². The summed E-state index contributed by atoms with van der Waals surface area (Å²) in [6, 6.07) is 3.55. The molecule has 1 aromatic heterocycles. The smallest absolute Gasteiger partial charge is 0.262 e. The van der Waals surface area contributed by atoms with Gasteiger partial charge >= 0.3 is 0 Å². The Hall–Kier alpha value is -2.29. The van der Waals surface area contributed by atoms with Gasteiger partial charge in [-0.2, -0.15) is 0 Å². The molecule has 5 nitrogen and oxygen atoms in total. The van der Waals surface area contributed by atoms with Crippen LogP contribution in [0.25, 0.3) is 0 Å². The molecule has 0 amide bonds. The molecule has 0 aliphatic heterocycles. The maximum atomic E-state index is 13.1. The molecule has 0 fully saturated rings. The van der Waals surface area contributed by atoms with Gasteiger partial charge in [0.25, 0.3) is 10.0 Å². The predicted molar refractivity (Wildman–Crippen MR) is 70.9 cm³/mol. The van der Waals surface area contributed by atoms with E-state index in [1.165, 1.54) is 18.3 Å². The van der Waals surface area contributed by atoms with Crippen LogP contribution in [0.15, 0.2) is 35.4 Å². The molecule has 0 unspecified atom stereocenters. The minimum atomic E-state index is -4.08. The summed E-state index contributed by atoms with van der Waals surface area (Å²) >= 11 is 0. The van der Waals surface area contributed by atoms with E-state index in [1.807, 2.05) is 4.72 Å². The van der Waals surface area contributed by atoms with Gasteiger partial charge in [-0.1, -0.05) is 0 Å². The number of hydrogen-bond donors (Lipinski definition) is 2. The zero-order chi connectivity index (χ0) is 15.6. The van der Waals surface area contributed by atoms with Crippen LogP contribution in [0.2, 0.25) is 0 Å². The van der Waals surface area contributed by atoms with Gasteiger partial charge in [0.1, 0.15) is 5.82 Å². The lowest BCUT2D eigenvalue weighted by molar-refractivity contribution is 0.448. The fourth-order valence-corrected chi connectivity index (χ4v) is 2.60. The molecule has 0 atom stereocenters. The van der Waals surface area contributed by atoms with E-state index in [-0.39, 0.29) is 4.90 Å². The van der Waals surface area contributed by atoms with E-state index in [9.17, 15) is 21.6 Å². The SMILES string of the molecule is CNc1cc(S(=O)(=O)Nc2cc(F)c(F)c(F)c2)ccn1. The number of rotatable bonds is 4. The summed E-state index contributed by atoms with van der Waals surface area (Å²) in [5.41, 5.74) is -0.422. The first-order chi connectivity index (χ1) is 9.83. The summed E-state index contributed by atoms with van der Waals surface area (Å²) in [5, 5.41) is 2.66. The lowest BCUT2D eigenvalue weighted by Crippen LogP contribution is -2.14. The van der Waals surface area contributed by atoms with Crippen LogP contribution in [0, 0.1) is 17.5 Å². The second-order valence-corrected chi connectivity index (χ2v) is 5.67. The van der Waals surface area contributed by atoms with Gasteiger partial charge in [-0.15, -0.1) is 0 Å². The third-order valence-corrected chi connectivity index (χ3v) is 3.91. The molecule has 0 aliphatic rings. The quantitative estimate of drug-likeness (QED) is 0.849. The molecule has 1 aromatic carbocycles. The highest BCUT2D eigenvalue weighted by molar-refractivity contribution is 7.92. The third-order valence-electron chi connectivity index (χ3n) is 2.53. The Morgan fingerprint density at radius 3 is 2.29 bits per heavy atom. The zero-order valence-electron chi connectivity index (χ0n) is 10.7. The molecule has 0 aliphatic carbocycles. The van der Waals surface area contributed by atoms with E-state index < -0.39 is 33.2 Å². The van der Waals surface area contributed by atoms with Gasteiger partial charge < -0.3 is 5.32 Å². The molecule has 9 heteroatoms. The van der Waals surface area contributed by atoms with Crippen LogP contribution in [-0.4, -0.2) is 20.4 Å². The third kappa shape index (κ3) is 3.24. The Morgan fingerprint density at radius 1 is 1.10 bits per heavy atom. The maximum Gasteiger partial charge on any atom is 0.262 e. The minimum absolute atomic E-state index is 0.160. The number of pyridine rings is 1. The van der Waals surface area contributed by atoms with Crippen LogP contribution in [0.4, 0.5) is 24.7 Å². The standard InChI is InChI=1S/C12H10F3N3O2S/c1-16-11-6-8(2-3-17-11)21(19,20)18-7-4-9(13)12(15)10(14)5-7/h2-6,18H,1H3,(H,16,17). The normalized spacial score (nSPS) is 11.2. The van der Waals surface area contributed by atoms with Crippen molar-refractivity contribution in [2.45, 2.75) is 4.90 Å². The lowest BCUT2D eigenvalue weighted by Gasteiger charge is -2.09. The minimum Gasteiger partial charge on any atom is -0.373 e. The van der Waals surface area contributed by atoms with Crippen LogP contribution >= 0.6 is 0 Å². The van der Waals surface area contributed by atoms with Gasteiger partial charge in [-0.3, -0.25) is 4.72 Å². The van der Waals surface area contributed by atoms with Gasteiger partial charge in [0.05, 0.1) is 10.6 Å². The van der Waals surface area contributed by atoms with Gasteiger partial charge in [0.2, 0.25) is 0 Å². The molecule has 0 saturated heterocycles. The molecule has 112 valence electrons. The van der Waals surface area contributed by atoms with E-state index in [0.717, 1.165) is 0 Å². The average molecular weight is 317 g/mol. The van der Waals surface area contributed by atoms with E-state index in [4.69, 9.17) is 0 Å². The summed E-state index contributed by atoms with van der Waals surface area (Å²) in [7, 11) is -2.53. The van der Waals surface area contributed by atoms with Crippen LogP contribution in [0.1, 0.15) is 0 Å². The fraction of sp³-hybridized carbons (Fsp3) is 0.0833. The number of nitrogens with zero attached hydrogens (tertiary/aromatic N) is 1. The number of anilines is 2. The van der Waals surface area contributed by atoms with Crippen molar-refractivity contribution >= 4 is 21.5 Å². The molecule has 2 N–H and O–H groups in total. The van der Waals surface area contributed by atoms with Crippen molar-refractivity contribution in [1.29, 1.82) is 0 Å². The van der Waals surface area contributed by atoms with Crippen LogP contribution in [0.3, 0.4) is 0 Å². The molecule has 0 bridgehead atoms. The second-order valence-electron chi connectivity index (χ2n) is 3.99. The first-order valence-electron chi connectivity index (χ1n) is 5.64. The van der Waals surface area contributed by atoms with Crippen LogP contribution in [0.5, 0.6) is 0 Å². The summed E-state index contributed by atoms with van der Waals surface area (Å²) in [5.74, 6) is -4.34. The number of sulfonamides is 1. The average Bonchev–Trinajstić information content (AvgIpc) is 2.44. The number of benzene rings is 1. The Labute approximate surface area is 118 Å². The Morgan fingerprint density at radius 2 is 1.71 bits per heavy atom. The first-order valence-corrected chi connectivity index (χ1v) is 7.13. The van der Waals surface area contributed by atoms with E-state index >= 15 is 0 Å². The van der Waals surface area contributed by atoms with Gasteiger partial charge in [-0.25, -0.2) is 26.6 Å². The number of aromatic nitrogens is 1. The zero-order valence-corrected chi connectivity index (χ0v) is 11.5. The van der Waals surface area contributed by atoms with Crippen molar-refractivity contribution < 1.29 is 21.6 Å². The molecule has 0 radical (unpaired) electrons. The summed E-state index contributed by atoms with van der Waals surface area (Å²) in [6.07, 6.45) is 1.26. The van der Waals surface area contributed by atoms with Crippen molar-refractivity contribution in [2.75, 3.05) is 17.1 Å². The predicted octanol–water partition coefficient (Wildman–Crippen LogP) is 2.34. The molecule has 0 saturated carbocycles. The molecule has 2 aromatic rings. The summed E-state index contributed by atoms with van der Waals surface area (Å²) in [4.78, 5) is 3.69. The molecular weight excluding hydrogens is 307 g/mol. The highest BCUT2D eigenvalue weighted by Crippen LogP contribution is 2.21. The Balaban J connectivity index is 2.37. The Bertz CT molecular complexity index is 758. The van der Waals surface area contributed by atoms with Gasteiger partial charge in [0.15, 0.2) is 17.5 Å². The number of nitrogens with one attached hydrogen (secondary N) is 2. The number of halogens is 3. The van der Waals surface area contributed by atoms with E-state index in [1.54, 1.807) is 7.05 Å². The van der Waals surface area contributed by atoms with Crippen molar-refractivity contribution in [3.63, 3.8) is 0 Å². The fourth-order valence-electron chi connectivity index (χ4n) is 1.54. The van der Waals surface area contributed by atoms with Gasteiger partial charge in [0, 0.05) is 31.4 Å². The molecule has 2 rings (SSSR count). The van der Waals surface area contributed by atoms with E-state index in [0.29, 0.717) is 18.0 Å². The van der Waals surface area contributed by atoms with Gasteiger partial charge in [-0.05, 0) is 6.07 Å². The monoisotopic (exact) mass is 317 g/mol. The topological polar surface area (TPSA) is 71.1 Å². The summed E-state index contributed by atoms with van der Waals surface area (Å²) in [6.45, 7) is 0. The van der Waals surface area contributed by atoms with Crippen molar-refractivity contribution in [3.8, 4) is 0 Å². The van der Waals surface area contributed by atoms with Crippen molar-refractivity contribution in [1.82, 2.24) is 4.98 Å². The Kier molecular flexibility index (Phi) is 4.03. The van der Waals surface area contributed by atoms with Crippen molar-refractivity contribution in [2.24, 2.45) is 0 Å². The molecule has 1 heterocycles. The largest absolute Gasteiger partial charge is 0.373 e.